The van der Waals surface area contributed by atoms with Gasteiger partial charge in [-0.25, -0.2) is 0 Å². The van der Waals surface area contributed by atoms with Crippen LogP contribution < -0.4 is 0 Å². The van der Waals surface area contributed by atoms with Gasteiger partial charge in [0.2, 0.25) is 0 Å². The summed E-state index contributed by atoms with van der Waals surface area (Å²) < 4.78 is 0. The number of piperazine rings is 1. The average Bonchev–Trinajstić information content (AvgIpc) is 2.86. The van der Waals surface area contributed by atoms with E-state index >= 15 is 0 Å². The Morgan fingerprint density at radius 2 is 2.06 bits per heavy atom. The molecule has 2 unspecified atom stereocenters. The number of benzene rings is 1. The van der Waals surface area contributed by atoms with E-state index in [4.69, 9.17) is 6.42 Å². The molecule has 2 saturated heterocycles. The lowest BCUT2D eigenvalue weighted by molar-refractivity contribution is 0.0608. The van der Waals surface area contributed by atoms with Gasteiger partial charge in [-0.3, -0.25) is 9.80 Å². The van der Waals surface area contributed by atoms with E-state index in [0.29, 0.717) is 6.04 Å². The fourth-order valence-corrected chi connectivity index (χ4v) is 3.36. The molecule has 94 valence electrons. The van der Waals surface area contributed by atoms with E-state index in [0.717, 1.165) is 25.7 Å². The lowest BCUT2D eigenvalue weighted by Gasteiger charge is -2.43. The molecule has 2 aliphatic heterocycles. The summed E-state index contributed by atoms with van der Waals surface area (Å²) in [7, 11) is 0. The van der Waals surface area contributed by atoms with Crippen molar-refractivity contribution in [3.63, 3.8) is 0 Å². The first-order valence-electron chi connectivity index (χ1n) is 6.85. The minimum absolute atomic E-state index is 0.469. The molecule has 0 aromatic heterocycles. The third kappa shape index (κ3) is 2.16. The maximum absolute atomic E-state index is 5.53. The van der Waals surface area contributed by atoms with Crippen molar-refractivity contribution in [2.24, 2.45) is 0 Å². The van der Waals surface area contributed by atoms with Crippen molar-refractivity contribution in [1.82, 2.24) is 9.80 Å². The Labute approximate surface area is 110 Å². The second-order valence-corrected chi connectivity index (χ2v) is 5.35. The van der Waals surface area contributed by atoms with Crippen LogP contribution in [0.2, 0.25) is 0 Å². The van der Waals surface area contributed by atoms with Crippen LogP contribution >= 0.6 is 0 Å². The van der Waals surface area contributed by atoms with E-state index in [1.165, 1.54) is 24.9 Å². The summed E-state index contributed by atoms with van der Waals surface area (Å²) in [4.78, 5) is 5.12. The number of rotatable bonds is 2. The van der Waals surface area contributed by atoms with Crippen LogP contribution in [0.3, 0.4) is 0 Å². The summed E-state index contributed by atoms with van der Waals surface area (Å²) in [5.41, 5.74) is 1.40. The Balaban J connectivity index is 1.83. The molecule has 2 heteroatoms. The molecule has 2 fully saturated rings. The van der Waals surface area contributed by atoms with Gasteiger partial charge in [-0.15, -0.1) is 6.42 Å². The molecule has 2 nitrogen and oxygen atoms in total. The topological polar surface area (TPSA) is 6.48 Å². The van der Waals surface area contributed by atoms with E-state index in [2.05, 4.69) is 46.1 Å². The van der Waals surface area contributed by atoms with Crippen molar-refractivity contribution in [2.45, 2.75) is 24.9 Å². The van der Waals surface area contributed by atoms with Crippen molar-refractivity contribution in [3.05, 3.63) is 35.9 Å². The van der Waals surface area contributed by atoms with Crippen LogP contribution in [-0.4, -0.2) is 42.0 Å². The summed E-state index contributed by atoms with van der Waals surface area (Å²) in [5.74, 6) is 2.82. The second kappa shape index (κ2) is 5.14. The largest absolute Gasteiger partial charge is 0.297 e. The van der Waals surface area contributed by atoms with Gasteiger partial charge in [0.15, 0.2) is 0 Å². The quantitative estimate of drug-likeness (QED) is 0.731. The molecule has 0 amide bonds. The monoisotopic (exact) mass is 240 g/mol. The van der Waals surface area contributed by atoms with Gasteiger partial charge in [-0.05, 0) is 24.9 Å². The number of nitrogens with zero attached hydrogens (tertiary/aromatic N) is 2. The molecule has 2 heterocycles. The summed E-state index contributed by atoms with van der Waals surface area (Å²) in [5, 5.41) is 0. The third-order valence-corrected chi connectivity index (χ3v) is 4.27. The lowest BCUT2D eigenvalue weighted by atomic mass is 10.00. The predicted molar refractivity (Wildman–Crippen MR) is 74.2 cm³/mol. The number of hydrogen-bond donors (Lipinski definition) is 0. The summed E-state index contributed by atoms with van der Waals surface area (Å²) >= 11 is 0. The maximum atomic E-state index is 5.53. The van der Waals surface area contributed by atoms with Crippen molar-refractivity contribution in [3.8, 4) is 12.3 Å². The zero-order valence-corrected chi connectivity index (χ0v) is 10.8. The molecular formula is C16H20N2. The van der Waals surface area contributed by atoms with E-state index in [1.807, 2.05) is 0 Å². The van der Waals surface area contributed by atoms with E-state index in [-0.39, 0.29) is 0 Å². The molecular weight excluding hydrogens is 220 g/mol. The second-order valence-electron chi connectivity index (χ2n) is 5.35. The number of terminal acetylenes is 1. The molecule has 0 bridgehead atoms. The SMILES string of the molecule is C#CCN1CC2CCCN2CC1c1ccccc1. The van der Waals surface area contributed by atoms with Crippen LogP contribution in [0.4, 0.5) is 0 Å². The predicted octanol–water partition coefficient (Wildman–Crippen LogP) is 2.14. The van der Waals surface area contributed by atoms with E-state index in [1.54, 1.807) is 0 Å². The fraction of sp³-hybridized carbons (Fsp3) is 0.500. The highest BCUT2D eigenvalue weighted by atomic mass is 15.3. The van der Waals surface area contributed by atoms with E-state index < -0.39 is 0 Å². The molecule has 1 aromatic carbocycles. The first-order chi connectivity index (χ1) is 8.88. The molecule has 0 spiro atoms. The molecule has 1 aromatic rings. The minimum Gasteiger partial charge on any atom is -0.297 e. The van der Waals surface area contributed by atoms with Crippen LogP contribution in [0.1, 0.15) is 24.4 Å². The van der Waals surface area contributed by atoms with Gasteiger partial charge < -0.3 is 0 Å². The molecule has 2 aliphatic rings. The van der Waals surface area contributed by atoms with Crippen LogP contribution in [0.15, 0.2) is 30.3 Å². The Morgan fingerprint density at radius 1 is 1.22 bits per heavy atom. The van der Waals surface area contributed by atoms with Crippen LogP contribution in [0.25, 0.3) is 0 Å². The molecule has 0 saturated carbocycles. The smallest absolute Gasteiger partial charge is 0.0605 e. The molecule has 3 rings (SSSR count). The Bertz CT molecular complexity index is 434. The average molecular weight is 240 g/mol. The third-order valence-electron chi connectivity index (χ3n) is 4.27. The number of fused-ring (bicyclic) bond motifs is 1. The van der Waals surface area contributed by atoms with Gasteiger partial charge in [0.25, 0.3) is 0 Å². The van der Waals surface area contributed by atoms with Crippen LogP contribution in [0.5, 0.6) is 0 Å². The zero-order valence-electron chi connectivity index (χ0n) is 10.8. The molecule has 18 heavy (non-hydrogen) atoms. The highest BCUT2D eigenvalue weighted by molar-refractivity contribution is 5.21. The fourth-order valence-electron chi connectivity index (χ4n) is 3.36. The Morgan fingerprint density at radius 3 is 2.83 bits per heavy atom. The van der Waals surface area contributed by atoms with Crippen molar-refractivity contribution in [2.75, 3.05) is 26.2 Å². The Kier molecular flexibility index (Phi) is 3.36. The van der Waals surface area contributed by atoms with Crippen LogP contribution in [-0.2, 0) is 0 Å². The van der Waals surface area contributed by atoms with Gasteiger partial charge in [-0.2, -0.15) is 0 Å². The van der Waals surface area contributed by atoms with Gasteiger partial charge >= 0.3 is 0 Å². The summed E-state index contributed by atoms with van der Waals surface area (Å²) in [6, 6.07) is 12.0. The molecule has 0 radical (unpaired) electrons. The van der Waals surface area contributed by atoms with Gasteiger partial charge in [0, 0.05) is 25.2 Å². The maximum Gasteiger partial charge on any atom is 0.0605 e. The number of hydrogen-bond acceptors (Lipinski definition) is 2. The van der Waals surface area contributed by atoms with Crippen molar-refractivity contribution in [1.29, 1.82) is 0 Å². The summed E-state index contributed by atoms with van der Waals surface area (Å²) in [6.45, 7) is 4.29. The molecule has 0 N–H and O–H groups in total. The highest BCUT2D eigenvalue weighted by Gasteiger charge is 2.36. The van der Waals surface area contributed by atoms with Crippen LogP contribution in [0, 0.1) is 12.3 Å². The summed E-state index contributed by atoms with van der Waals surface area (Å²) in [6.07, 6.45) is 8.21. The first kappa shape index (κ1) is 11.8. The van der Waals surface area contributed by atoms with Crippen molar-refractivity contribution >= 4 is 0 Å². The highest BCUT2D eigenvalue weighted by Crippen LogP contribution is 2.31. The van der Waals surface area contributed by atoms with Crippen molar-refractivity contribution < 1.29 is 0 Å². The molecule has 0 aliphatic carbocycles. The minimum atomic E-state index is 0.469. The van der Waals surface area contributed by atoms with Gasteiger partial charge in [-0.1, -0.05) is 36.3 Å². The lowest BCUT2D eigenvalue weighted by Crippen LogP contribution is -2.51. The first-order valence-corrected chi connectivity index (χ1v) is 6.85. The zero-order chi connectivity index (χ0) is 12.4. The molecule has 2 atom stereocenters. The standard InChI is InChI=1S/C16H20N2/c1-2-10-18-12-15-9-6-11-17(15)13-16(18)14-7-4-3-5-8-14/h1,3-5,7-8,15-16H,6,9-13H2. The van der Waals surface area contributed by atoms with E-state index in [9.17, 15) is 0 Å². The van der Waals surface area contributed by atoms with Gasteiger partial charge in [0.1, 0.15) is 0 Å². The van der Waals surface area contributed by atoms with Gasteiger partial charge in [0.05, 0.1) is 6.54 Å². The Hall–Kier alpha value is -1.30. The normalized spacial score (nSPS) is 28.8.